The molecule has 6 nitrogen and oxygen atoms in total. The predicted octanol–water partition coefficient (Wildman–Crippen LogP) is 0.548. The first kappa shape index (κ1) is 12.5. The number of nitrogens with one attached hydrogen (secondary N) is 2. The summed E-state index contributed by atoms with van der Waals surface area (Å²) in [6.07, 6.45) is 1.67. The van der Waals surface area contributed by atoms with Gasteiger partial charge >= 0.3 is 0 Å². The summed E-state index contributed by atoms with van der Waals surface area (Å²) in [6, 6.07) is 0. The zero-order chi connectivity index (χ0) is 12.0. The summed E-state index contributed by atoms with van der Waals surface area (Å²) in [5.41, 5.74) is 2.50. The fraction of sp³-hybridized carbons (Fsp3) is 0.600. The lowest BCUT2D eigenvalue weighted by Gasteiger charge is -2.10. The van der Waals surface area contributed by atoms with Crippen LogP contribution in [0.2, 0.25) is 0 Å². The van der Waals surface area contributed by atoms with E-state index >= 15 is 0 Å². The molecular formula is C10H19N5O. The quantitative estimate of drug-likeness (QED) is 0.301. The van der Waals surface area contributed by atoms with Gasteiger partial charge < -0.3 is 9.73 Å². The molecule has 0 spiro atoms. The molecular weight excluding hydrogens is 206 g/mol. The number of hydrogen-bond acceptors (Lipinski definition) is 4. The van der Waals surface area contributed by atoms with Crippen molar-refractivity contribution in [1.82, 2.24) is 15.7 Å². The summed E-state index contributed by atoms with van der Waals surface area (Å²) >= 11 is 0. The summed E-state index contributed by atoms with van der Waals surface area (Å²) < 4.78 is 5.29. The van der Waals surface area contributed by atoms with E-state index in [1.54, 1.807) is 6.20 Å². The fourth-order valence-electron chi connectivity index (χ4n) is 1.07. The van der Waals surface area contributed by atoms with E-state index in [9.17, 15) is 0 Å². The van der Waals surface area contributed by atoms with Crippen LogP contribution in [0.25, 0.3) is 0 Å². The highest BCUT2D eigenvalue weighted by atomic mass is 16.4. The minimum Gasteiger partial charge on any atom is -0.444 e. The van der Waals surface area contributed by atoms with Gasteiger partial charge in [0.05, 0.1) is 6.20 Å². The number of aliphatic imine (C=N–C) groups is 1. The van der Waals surface area contributed by atoms with Crippen LogP contribution in [0.4, 0.5) is 0 Å². The van der Waals surface area contributed by atoms with Crippen molar-refractivity contribution in [3.63, 3.8) is 0 Å². The Labute approximate surface area is 95.3 Å². The molecule has 90 valence electrons. The molecule has 0 amide bonds. The molecule has 0 aromatic carbocycles. The molecule has 0 saturated carbocycles. The standard InChI is InChI=1S/C10H19N5O/c1-7(2)4-13-10(15-11)14-6-9-12-5-8(3)16-9/h5,7H,4,6,11H2,1-3H3,(H2,13,14,15). The molecule has 0 aliphatic carbocycles. The molecule has 1 rings (SSSR count). The first-order valence-corrected chi connectivity index (χ1v) is 5.28. The van der Waals surface area contributed by atoms with Gasteiger partial charge in [-0.3, -0.25) is 5.43 Å². The van der Waals surface area contributed by atoms with Crippen molar-refractivity contribution in [1.29, 1.82) is 0 Å². The van der Waals surface area contributed by atoms with Gasteiger partial charge in [0.15, 0.2) is 0 Å². The molecule has 1 aromatic heterocycles. The fourth-order valence-corrected chi connectivity index (χ4v) is 1.07. The molecule has 1 heterocycles. The predicted molar refractivity (Wildman–Crippen MR) is 62.5 cm³/mol. The van der Waals surface area contributed by atoms with E-state index in [-0.39, 0.29) is 0 Å². The Bertz CT molecular complexity index is 345. The third-order valence-corrected chi connectivity index (χ3v) is 1.86. The molecule has 1 aromatic rings. The van der Waals surface area contributed by atoms with Crippen LogP contribution in [0.1, 0.15) is 25.5 Å². The van der Waals surface area contributed by atoms with Gasteiger partial charge in [0.1, 0.15) is 12.3 Å². The Hall–Kier alpha value is -1.56. The summed E-state index contributed by atoms with van der Waals surface area (Å²) in [4.78, 5) is 8.26. The molecule has 16 heavy (non-hydrogen) atoms. The van der Waals surface area contributed by atoms with Gasteiger partial charge in [0, 0.05) is 6.54 Å². The van der Waals surface area contributed by atoms with Crippen LogP contribution in [-0.4, -0.2) is 17.5 Å². The maximum absolute atomic E-state index is 5.33. The van der Waals surface area contributed by atoms with Gasteiger partial charge in [-0.1, -0.05) is 13.8 Å². The van der Waals surface area contributed by atoms with E-state index in [0.29, 0.717) is 24.3 Å². The van der Waals surface area contributed by atoms with Crippen LogP contribution in [0.15, 0.2) is 15.6 Å². The molecule has 0 atom stereocenters. The van der Waals surface area contributed by atoms with E-state index in [4.69, 9.17) is 10.3 Å². The van der Waals surface area contributed by atoms with Crippen molar-refractivity contribution >= 4 is 5.96 Å². The zero-order valence-corrected chi connectivity index (χ0v) is 9.95. The van der Waals surface area contributed by atoms with Gasteiger partial charge in [-0.05, 0) is 12.8 Å². The van der Waals surface area contributed by atoms with Crippen LogP contribution in [0.3, 0.4) is 0 Å². The number of nitrogens with zero attached hydrogens (tertiary/aromatic N) is 2. The van der Waals surface area contributed by atoms with E-state index in [1.165, 1.54) is 0 Å². The van der Waals surface area contributed by atoms with Gasteiger partial charge in [0.2, 0.25) is 11.9 Å². The lowest BCUT2D eigenvalue weighted by Crippen LogP contribution is -2.42. The lowest BCUT2D eigenvalue weighted by molar-refractivity contribution is 0.473. The van der Waals surface area contributed by atoms with Gasteiger partial charge in [0.25, 0.3) is 0 Å². The molecule has 0 unspecified atom stereocenters. The van der Waals surface area contributed by atoms with Gasteiger partial charge in [-0.2, -0.15) is 0 Å². The van der Waals surface area contributed by atoms with Crippen LogP contribution < -0.4 is 16.6 Å². The molecule has 0 fully saturated rings. The summed E-state index contributed by atoms with van der Waals surface area (Å²) in [5.74, 6) is 7.77. The van der Waals surface area contributed by atoms with Crippen molar-refractivity contribution in [2.75, 3.05) is 6.54 Å². The highest BCUT2D eigenvalue weighted by Gasteiger charge is 2.01. The second-order valence-corrected chi connectivity index (χ2v) is 3.95. The molecule has 0 radical (unpaired) electrons. The number of aryl methyl sites for hydroxylation is 1. The molecule has 0 bridgehead atoms. The van der Waals surface area contributed by atoms with E-state index < -0.39 is 0 Å². The number of aromatic nitrogens is 1. The third-order valence-electron chi connectivity index (χ3n) is 1.86. The zero-order valence-electron chi connectivity index (χ0n) is 9.95. The van der Waals surface area contributed by atoms with Crippen molar-refractivity contribution in [3.05, 3.63) is 17.8 Å². The van der Waals surface area contributed by atoms with Crippen LogP contribution in [0, 0.1) is 12.8 Å². The normalized spacial score (nSPS) is 11.9. The average Bonchev–Trinajstić information content (AvgIpc) is 2.64. The van der Waals surface area contributed by atoms with E-state index in [0.717, 1.165) is 12.3 Å². The molecule has 6 heteroatoms. The van der Waals surface area contributed by atoms with Crippen molar-refractivity contribution in [3.8, 4) is 0 Å². The smallest absolute Gasteiger partial charge is 0.216 e. The summed E-state index contributed by atoms with van der Waals surface area (Å²) in [6.45, 7) is 7.25. The Morgan fingerprint density at radius 1 is 1.62 bits per heavy atom. The highest BCUT2D eigenvalue weighted by molar-refractivity contribution is 5.79. The summed E-state index contributed by atoms with van der Waals surface area (Å²) in [7, 11) is 0. The number of guanidine groups is 1. The highest BCUT2D eigenvalue weighted by Crippen LogP contribution is 2.02. The SMILES string of the molecule is Cc1cnc(CN=C(NN)NCC(C)C)o1. The lowest BCUT2D eigenvalue weighted by atomic mass is 10.2. The van der Waals surface area contributed by atoms with E-state index in [2.05, 4.69) is 34.6 Å². The van der Waals surface area contributed by atoms with Crippen LogP contribution in [0.5, 0.6) is 0 Å². The minimum atomic E-state index is 0.373. The summed E-state index contributed by atoms with van der Waals surface area (Å²) in [5, 5.41) is 3.09. The maximum Gasteiger partial charge on any atom is 0.216 e. The Balaban J connectivity index is 2.46. The second kappa shape index (κ2) is 6.12. The first-order valence-electron chi connectivity index (χ1n) is 5.28. The van der Waals surface area contributed by atoms with Crippen molar-refractivity contribution in [2.45, 2.75) is 27.3 Å². The largest absolute Gasteiger partial charge is 0.444 e. The van der Waals surface area contributed by atoms with Crippen LogP contribution >= 0.6 is 0 Å². The Kier molecular flexibility index (Phi) is 4.78. The number of rotatable bonds is 4. The second-order valence-electron chi connectivity index (χ2n) is 3.95. The Morgan fingerprint density at radius 2 is 2.38 bits per heavy atom. The minimum absolute atomic E-state index is 0.373. The number of hydrogen-bond donors (Lipinski definition) is 3. The third kappa shape index (κ3) is 4.31. The van der Waals surface area contributed by atoms with Crippen LogP contribution in [-0.2, 0) is 6.54 Å². The molecule has 4 N–H and O–H groups in total. The topological polar surface area (TPSA) is 88.5 Å². The first-order chi connectivity index (χ1) is 7.61. The van der Waals surface area contributed by atoms with Crippen molar-refractivity contribution in [2.24, 2.45) is 16.8 Å². The molecule has 0 saturated heterocycles. The van der Waals surface area contributed by atoms with E-state index in [1.807, 2.05) is 6.92 Å². The number of oxazole rings is 1. The monoisotopic (exact) mass is 225 g/mol. The van der Waals surface area contributed by atoms with Crippen molar-refractivity contribution < 1.29 is 4.42 Å². The average molecular weight is 225 g/mol. The molecule has 0 aliphatic heterocycles. The molecule has 0 aliphatic rings. The Morgan fingerprint density at radius 3 is 2.88 bits per heavy atom. The number of nitrogens with two attached hydrogens (primary N) is 1. The number of hydrazine groups is 1. The van der Waals surface area contributed by atoms with Gasteiger partial charge in [-0.25, -0.2) is 15.8 Å². The maximum atomic E-state index is 5.33. The van der Waals surface area contributed by atoms with Gasteiger partial charge in [-0.15, -0.1) is 0 Å².